The first-order valence-corrected chi connectivity index (χ1v) is 10.8. The predicted molar refractivity (Wildman–Crippen MR) is 104 cm³/mol. The molecule has 0 bridgehead atoms. The number of nitrogens with one attached hydrogen (secondary N) is 1. The maximum Gasteiger partial charge on any atom is 0.270 e. The lowest BCUT2D eigenvalue weighted by atomic mass is 10.3. The molecule has 26 heavy (non-hydrogen) atoms. The van der Waals surface area contributed by atoms with Gasteiger partial charge in [-0.3, -0.25) is 4.79 Å². The van der Waals surface area contributed by atoms with E-state index in [2.05, 4.69) is 10.3 Å². The van der Waals surface area contributed by atoms with Crippen LogP contribution in [-0.2, 0) is 16.6 Å². The van der Waals surface area contributed by atoms with Crippen molar-refractivity contribution in [1.82, 2.24) is 14.6 Å². The molecule has 1 aromatic carbocycles. The third-order valence-electron chi connectivity index (χ3n) is 3.49. The van der Waals surface area contributed by atoms with Crippen LogP contribution in [-0.4, -0.2) is 35.7 Å². The number of rotatable bonds is 7. The summed E-state index contributed by atoms with van der Waals surface area (Å²) in [6, 6.07) is 5.79. The Labute approximate surface area is 163 Å². The Morgan fingerprint density at radius 1 is 1.23 bits per heavy atom. The van der Waals surface area contributed by atoms with Crippen molar-refractivity contribution in [2.75, 3.05) is 0 Å². The van der Waals surface area contributed by atoms with E-state index in [1.807, 2.05) is 13.8 Å². The molecule has 0 aliphatic carbocycles. The highest BCUT2D eigenvalue weighted by Gasteiger charge is 2.28. The number of carbonyl (C=O) groups excluding carboxylic acids is 1. The molecule has 2 aromatic rings. The number of nitrogens with zero attached hydrogens (tertiary/aromatic N) is 2. The molecule has 0 aliphatic rings. The zero-order valence-electron chi connectivity index (χ0n) is 15.1. The number of sulfonamides is 1. The second-order valence-corrected chi connectivity index (χ2v) is 9.62. The fourth-order valence-electron chi connectivity index (χ4n) is 2.24. The summed E-state index contributed by atoms with van der Waals surface area (Å²) in [7, 11) is -3.70. The normalized spacial score (nSPS) is 12.2. The monoisotopic (exact) mass is 415 g/mol. The van der Waals surface area contributed by atoms with Crippen molar-refractivity contribution < 1.29 is 13.2 Å². The molecule has 0 spiro atoms. The number of aromatic nitrogens is 1. The highest BCUT2D eigenvalue weighted by molar-refractivity contribution is 7.89. The van der Waals surface area contributed by atoms with Gasteiger partial charge in [0.05, 0.1) is 11.4 Å². The lowest BCUT2D eigenvalue weighted by Crippen LogP contribution is -2.36. The van der Waals surface area contributed by atoms with Crippen LogP contribution in [0.4, 0.5) is 0 Å². The highest BCUT2D eigenvalue weighted by Crippen LogP contribution is 2.23. The van der Waals surface area contributed by atoms with E-state index in [0.29, 0.717) is 15.7 Å². The van der Waals surface area contributed by atoms with Gasteiger partial charge in [0.25, 0.3) is 5.91 Å². The van der Waals surface area contributed by atoms with E-state index in [4.69, 9.17) is 11.6 Å². The first-order valence-electron chi connectivity index (χ1n) is 8.14. The average Bonchev–Trinajstić information content (AvgIpc) is 3.01. The van der Waals surface area contributed by atoms with Crippen molar-refractivity contribution >= 4 is 38.9 Å². The van der Waals surface area contributed by atoms with Gasteiger partial charge in [0.2, 0.25) is 10.0 Å². The number of halogens is 1. The molecule has 2 rings (SSSR count). The largest absolute Gasteiger partial charge is 0.349 e. The van der Waals surface area contributed by atoms with Gasteiger partial charge in [0.15, 0.2) is 0 Å². The van der Waals surface area contributed by atoms with E-state index in [1.54, 1.807) is 31.4 Å². The van der Waals surface area contributed by atoms with Crippen LogP contribution in [0.25, 0.3) is 0 Å². The van der Waals surface area contributed by atoms with Gasteiger partial charge in [0, 0.05) is 22.5 Å². The smallest absolute Gasteiger partial charge is 0.270 e. The third-order valence-corrected chi connectivity index (χ3v) is 6.61. The van der Waals surface area contributed by atoms with Crippen molar-refractivity contribution in [3.63, 3.8) is 0 Å². The molecule has 142 valence electrons. The minimum absolute atomic E-state index is 0.00472. The van der Waals surface area contributed by atoms with Gasteiger partial charge in [-0.25, -0.2) is 13.4 Å². The molecule has 0 radical (unpaired) electrons. The number of benzene rings is 1. The van der Waals surface area contributed by atoms with Crippen LogP contribution >= 0.6 is 22.9 Å². The van der Waals surface area contributed by atoms with Gasteiger partial charge in [-0.1, -0.05) is 11.6 Å². The average molecular weight is 416 g/mol. The van der Waals surface area contributed by atoms with Gasteiger partial charge >= 0.3 is 0 Å². The molecule has 0 saturated carbocycles. The van der Waals surface area contributed by atoms with Gasteiger partial charge in [-0.05, 0) is 52.0 Å². The summed E-state index contributed by atoms with van der Waals surface area (Å²) in [5.41, 5.74) is 0.297. The first-order chi connectivity index (χ1) is 12.1. The fourth-order valence-corrected chi connectivity index (χ4v) is 4.82. The zero-order valence-corrected chi connectivity index (χ0v) is 17.5. The molecule has 0 aliphatic heterocycles. The van der Waals surface area contributed by atoms with E-state index in [9.17, 15) is 13.2 Å². The van der Waals surface area contributed by atoms with Crippen LogP contribution in [0.2, 0.25) is 5.02 Å². The van der Waals surface area contributed by atoms with Crippen molar-refractivity contribution in [2.24, 2.45) is 0 Å². The Hall–Kier alpha value is -1.48. The second-order valence-electron chi connectivity index (χ2n) is 6.35. The number of hydrogen-bond donors (Lipinski definition) is 1. The summed E-state index contributed by atoms with van der Waals surface area (Å²) in [5.74, 6) is -0.265. The molecule has 1 heterocycles. The zero-order chi connectivity index (χ0) is 19.5. The van der Waals surface area contributed by atoms with Crippen LogP contribution < -0.4 is 5.32 Å². The maximum absolute atomic E-state index is 13.0. The summed E-state index contributed by atoms with van der Waals surface area (Å²) in [5, 5.41) is 5.44. The Morgan fingerprint density at radius 2 is 1.85 bits per heavy atom. The topological polar surface area (TPSA) is 79.4 Å². The SMILES string of the molecule is CC(C)NC(=O)c1csc(CN(C(C)C)S(=O)(=O)c2ccc(Cl)cc2)n1. The molecule has 1 N–H and O–H groups in total. The van der Waals surface area contributed by atoms with Gasteiger partial charge in [-0.15, -0.1) is 11.3 Å². The number of hydrogen-bond acceptors (Lipinski definition) is 5. The van der Waals surface area contributed by atoms with E-state index in [1.165, 1.54) is 27.8 Å². The van der Waals surface area contributed by atoms with Crippen LogP contribution in [0.3, 0.4) is 0 Å². The lowest BCUT2D eigenvalue weighted by molar-refractivity contribution is 0.0938. The Kier molecular flexibility index (Phi) is 6.79. The van der Waals surface area contributed by atoms with E-state index in [0.717, 1.165) is 0 Å². The summed E-state index contributed by atoms with van der Waals surface area (Å²) in [6.07, 6.45) is 0. The predicted octanol–water partition coefficient (Wildman–Crippen LogP) is 3.53. The number of thiazole rings is 1. The Morgan fingerprint density at radius 3 is 2.38 bits per heavy atom. The van der Waals surface area contributed by atoms with Crippen LogP contribution in [0.1, 0.15) is 43.2 Å². The molecule has 6 nitrogen and oxygen atoms in total. The molecular weight excluding hydrogens is 394 g/mol. The molecule has 0 unspecified atom stereocenters. The maximum atomic E-state index is 13.0. The Bertz CT molecular complexity index is 862. The molecule has 0 saturated heterocycles. The molecule has 1 amide bonds. The minimum Gasteiger partial charge on any atom is -0.349 e. The van der Waals surface area contributed by atoms with Crippen LogP contribution in [0.5, 0.6) is 0 Å². The molecule has 1 aromatic heterocycles. The fraction of sp³-hybridized carbons (Fsp3) is 0.412. The summed E-state index contributed by atoms with van der Waals surface area (Å²) in [4.78, 5) is 16.5. The lowest BCUT2D eigenvalue weighted by Gasteiger charge is -2.25. The van der Waals surface area contributed by atoms with E-state index < -0.39 is 10.0 Å². The Balaban J connectivity index is 2.25. The van der Waals surface area contributed by atoms with Crippen molar-refractivity contribution in [3.05, 3.63) is 45.4 Å². The van der Waals surface area contributed by atoms with Gasteiger partial charge < -0.3 is 5.32 Å². The molecule has 0 fully saturated rings. The van der Waals surface area contributed by atoms with Gasteiger partial charge in [0.1, 0.15) is 10.7 Å². The van der Waals surface area contributed by atoms with E-state index in [-0.39, 0.29) is 29.4 Å². The van der Waals surface area contributed by atoms with Crippen molar-refractivity contribution in [3.8, 4) is 0 Å². The quantitative estimate of drug-likeness (QED) is 0.750. The van der Waals surface area contributed by atoms with Crippen molar-refractivity contribution in [1.29, 1.82) is 0 Å². The summed E-state index contributed by atoms with van der Waals surface area (Å²) >= 11 is 7.11. The van der Waals surface area contributed by atoms with Crippen LogP contribution in [0.15, 0.2) is 34.5 Å². The highest BCUT2D eigenvalue weighted by atomic mass is 35.5. The number of carbonyl (C=O) groups is 1. The summed E-state index contributed by atoms with van der Waals surface area (Å²) in [6.45, 7) is 7.43. The van der Waals surface area contributed by atoms with E-state index >= 15 is 0 Å². The molecule has 0 atom stereocenters. The van der Waals surface area contributed by atoms with Crippen LogP contribution in [0, 0.1) is 0 Å². The second kappa shape index (κ2) is 8.47. The standard InChI is InChI=1S/C17H22ClN3O3S2/c1-11(2)19-17(22)15-10-25-16(20-15)9-21(12(3)4)26(23,24)14-7-5-13(18)6-8-14/h5-8,10-12H,9H2,1-4H3,(H,19,22). The number of amides is 1. The summed E-state index contributed by atoms with van der Waals surface area (Å²) < 4.78 is 27.3. The molecular formula is C17H22ClN3O3S2. The third kappa shape index (κ3) is 5.03. The van der Waals surface area contributed by atoms with Crippen molar-refractivity contribution in [2.45, 2.75) is 51.2 Å². The first kappa shape index (κ1) is 20.8. The minimum atomic E-state index is -3.70. The molecule has 9 heteroatoms. The van der Waals surface area contributed by atoms with Gasteiger partial charge in [-0.2, -0.15) is 4.31 Å².